The van der Waals surface area contributed by atoms with Crippen molar-refractivity contribution >= 4 is 29.0 Å². The predicted octanol–water partition coefficient (Wildman–Crippen LogP) is 5.56. The molecule has 1 saturated heterocycles. The van der Waals surface area contributed by atoms with Crippen LogP contribution in [-0.4, -0.2) is 42.2 Å². The lowest BCUT2D eigenvalue weighted by molar-refractivity contribution is -0.126. The number of rotatable bonds is 8. The quantitative estimate of drug-likeness (QED) is 0.433. The number of aromatic nitrogens is 2. The summed E-state index contributed by atoms with van der Waals surface area (Å²) in [6.45, 7) is 6.87. The number of piperidine rings is 1. The third-order valence-corrected chi connectivity index (χ3v) is 7.12. The topological polar surface area (TPSA) is 79.8 Å². The lowest BCUT2D eigenvalue weighted by Gasteiger charge is -2.33. The summed E-state index contributed by atoms with van der Waals surface area (Å²) in [5, 5.41) is 3.29. The highest BCUT2D eigenvalue weighted by molar-refractivity contribution is 5.99. The van der Waals surface area contributed by atoms with Crippen LogP contribution in [0.5, 0.6) is 11.5 Å². The molecule has 1 aromatic heterocycles. The Hall–Kier alpha value is -3.81. The highest BCUT2D eigenvalue weighted by atomic mass is 16.5. The van der Waals surface area contributed by atoms with Crippen molar-refractivity contribution in [1.29, 1.82) is 0 Å². The molecule has 194 valence electrons. The van der Waals surface area contributed by atoms with Crippen molar-refractivity contribution in [1.82, 2.24) is 9.97 Å². The minimum absolute atomic E-state index is 0.0827. The number of carbonyl (C=O) groups is 1. The van der Waals surface area contributed by atoms with E-state index in [2.05, 4.69) is 34.3 Å². The minimum Gasteiger partial charge on any atom is -0.494 e. The molecule has 37 heavy (non-hydrogen) atoms. The standard InChI is InChI=1S/C29H35N5O3/c1-4-8-24-28(35)34(19-21-9-6-5-7-10-21)27-26(37-24)18-30-29(32-27)31-23-12-11-22(17-25(23)36-3)33-15-13-20(2)14-16-33/h5-7,9-12,17-18,20,24H,4,8,13-16,19H2,1-3H3,(H,30,31,32). The van der Waals surface area contributed by atoms with Crippen LogP contribution in [0.4, 0.5) is 23.1 Å². The van der Waals surface area contributed by atoms with Crippen LogP contribution < -0.4 is 24.6 Å². The first-order chi connectivity index (χ1) is 18.1. The van der Waals surface area contributed by atoms with Crippen LogP contribution in [0.15, 0.2) is 54.7 Å². The fourth-order valence-corrected chi connectivity index (χ4v) is 4.91. The highest BCUT2D eigenvalue weighted by Gasteiger charge is 2.35. The normalized spacial score (nSPS) is 17.8. The van der Waals surface area contributed by atoms with Gasteiger partial charge in [0.1, 0.15) is 5.75 Å². The summed E-state index contributed by atoms with van der Waals surface area (Å²) in [6.07, 6.45) is 5.00. The Morgan fingerprint density at radius 2 is 1.92 bits per heavy atom. The molecule has 8 heteroatoms. The van der Waals surface area contributed by atoms with Gasteiger partial charge in [0, 0.05) is 24.8 Å². The lowest BCUT2D eigenvalue weighted by Crippen LogP contribution is -2.46. The maximum atomic E-state index is 13.4. The van der Waals surface area contributed by atoms with Crippen LogP contribution in [0.1, 0.15) is 45.1 Å². The van der Waals surface area contributed by atoms with Gasteiger partial charge in [-0.15, -0.1) is 0 Å². The number of benzene rings is 2. The van der Waals surface area contributed by atoms with E-state index in [0.29, 0.717) is 36.2 Å². The van der Waals surface area contributed by atoms with E-state index >= 15 is 0 Å². The summed E-state index contributed by atoms with van der Waals surface area (Å²) in [5.41, 5.74) is 2.94. The molecule has 1 fully saturated rings. The minimum atomic E-state index is -0.533. The molecule has 0 radical (unpaired) electrons. The third-order valence-electron chi connectivity index (χ3n) is 7.12. The zero-order valence-corrected chi connectivity index (χ0v) is 21.8. The van der Waals surface area contributed by atoms with E-state index < -0.39 is 6.10 Å². The molecule has 3 heterocycles. The Morgan fingerprint density at radius 3 is 2.65 bits per heavy atom. The summed E-state index contributed by atoms with van der Waals surface area (Å²) in [7, 11) is 1.66. The molecule has 0 aliphatic carbocycles. The van der Waals surface area contributed by atoms with E-state index in [1.54, 1.807) is 18.2 Å². The van der Waals surface area contributed by atoms with Gasteiger partial charge in [-0.3, -0.25) is 9.69 Å². The Balaban J connectivity index is 1.41. The largest absolute Gasteiger partial charge is 0.494 e. The Morgan fingerprint density at radius 1 is 1.14 bits per heavy atom. The van der Waals surface area contributed by atoms with Gasteiger partial charge in [-0.1, -0.05) is 50.6 Å². The SMILES string of the molecule is CCCC1Oc2cnc(Nc3ccc(N4CCC(C)CC4)cc3OC)nc2N(Cc2ccccc2)C1=O. The summed E-state index contributed by atoms with van der Waals surface area (Å²) in [4.78, 5) is 26.7. The molecule has 1 N–H and O–H groups in total. The number of methoxy groups -OCH3 is 1. The monoisotopic (exact) mass is 501 g/mol. The maximum absolute atomic E-state index is 13.4. The van der Waals surface area contributed by atoms with Crippen LogP contribution in [-0.2, 0) is 11.3 Å². The molecular weight excluding hydrogens is 466 g/mol. The summed E-state index contributed by atoms with van der Waals surface area (Å²) in [6, 6.07) is 16.1. The van der Waals surface area contributed by atoms with Crippen molar-refractivity contribution < 1.29 is 14.3 Å². The molecule has 2 aromatic carbocycles. The van der Waals surface area contributed by atoms with E-state index in [-0.39, 0.29) is 5.91 Å². The van der Waals surface area contributed by atoms with Gasteiger partial charge in [0.15, 0.2) is 17.7 Å². The zero-order chi connectivity index (χ0) is 25.8. The maximum Gasteiger partial charge on any atom is 0.269 e. The Kier molecular flexibility index (Phi) is 7.44. The molecular formula is C29H35N5O3. The molecule has 5 rings (SSSR count). The zero-order valence-electron chi connectivity index (χ0n) is 21.8. The van der Waals surface area contributed by atoms with Gasteiger partial charge in [-0.2, -0.15) is 4.98 Å². The lowest BCUT2D eigenvalue weighted by atomic mass is 9.99. The first kappa shape index (κ1) is 24.9. The smallest absolute Gasteiger partial charge is 0.269 e. The number of fused-ring (bicyclic) bond motifs is 1. The molecule has 2 aliphatic heterocycles. The molecule has 2 aliphatic rings. The molecule has 1 unspecified atom stereocenters. The van der Waals surface area contributed by atoms with Gasteiger partial charge in [-0.25, -0.2) is 4.98 Å². The molecule has 0 bridgehead atoms. The second-order valence-corrected chi connectivity index (χ2v) is 9.87. The molecule has 1 amide bonds. The number of ether oxygens (including phenoxy) is 2. The molecule has 3 aromatic rings. The number of nitrogens with one attached hydrogen (secondary N) is 1. The second kappa shape index (κ2) is 11.1. The fourth-order valence-electron chi connectivity index (χ4n) is 4.91. The van der Waals surface area contributed by atoms with E-state index in [4.69, 9.17) is 14.5 Å². The van der Waals surface area contributed by atoms with Gasteiger partial charge in [0.05, 0.1) is 25.5 Å². The van der Waals surface area contributed by atoms with Gasteiger partial charge in [-0.05, 0) is 42.9 Å². The van der Waals surface area contributed by atoms with Crippen molar-refractivity contribution in [2.24, 2.45) is 5.92 Å². The number of amides is 1. The first-order valence-corrected chi connectivity index (χ1v) is 13.1. The van der Waals surface area contributed by atoms with Gasteiger partial charge in [0.25, 0.3) is 5.91 Å². The number of nitrogens with zero attached hydrogens (tertiary/aromatic N) is 4. The third kappa shape index (κ3) is 5.48. The summed E-state index contributed by atoms with van der Waals surface area (Å²) in [5.74, 6) is 2.77. The average molecular weight is 502 g/mol. The second-order valence-electron chi connectivity index (χ2n) is 9.87. The van der Waals surface area contributed by atoms with Crippen LogP contribution in [0.2, 0.25) is 0 Å². The number of hydrogen-bond donors (Lipinski definition) is 1. The number of anilines is 4. The van der Waals surface area contributed by atoms with Crippen molar-refractivity contribution in [2.75, 3.05) is 35.3 Å². The molecule has 1 atom stereocenters. The van der Waals surface area contributed by atoms with Gasteiger partial charge >= 0.3 is 0 Å². The molecule has 0 spiro atoms. The summed E-state index contributed by atoms with van der Waals surface area (Å²) >= 11 is 0. The fraction of sp³-hybridized carbons (Fsp3) is 0.414. The first-order valence-electron chi connectivity index (χ1n) is 13.1. The van der Waals surface area contributed by atoms with Gasteiger partial charge < -0.3 is 19.7 Å². The summed E-state index contributed by atoms with van der Waals surface area (Å²) < 4.78 is 11.7. The van der Waals surface area contributed by atoms with Crippen LogP contribution >= 0.6 is 0 Å². The van der Waals surface area contributed by atoms with Crippen LogP contribution in [0.3, 0.4) is 0 Å². The predicted molar refractivity (Wildman–Crippen MR) is 146 cm³/mol. The highest BCUT2D eigenvalue weighted by Crippen LogP contribution is 2.37. The van der Waals surface area contributed by atoms with Crippen molar-refractivity contribution in [3.63, 3.8) is 0 Å². The van der Waals surface area contributed by atoms with E-state index in [1.807, 2.05) is 43.3 Å². The van der Waals surface area contributed by atoms with E-state index in [9.17, 15) is 4.79 Å². The Bertz CT molecular complexity index is 1230. The number of carbonyl (C=O) groups excluding carboxylic acids is 1. The Labute approximate surface area is 218 Å². The number of hydrogen-bond acceptors (Lipinski definition) is 7. The van der Waals surface area contributed by atoms with Crippen molar-refractivity contribution in [3.05, 3.63) is 60.3 Å². The average Bonchev–Trinajstić information content (AvgIpc) is 2.92. The van der Waals surface area contributed by atoms with Crippen LogP contribution in [0, 0.1) is 5.92 Å². The van der Waals surface area contributed by atoms with Crippen molar-refractivity contribution in [3.8, 4) is 11.5 Å². The van der Waals surface area contributed by atoms with E-state index in [1.165, 1.54) is 12.8 Å². The van der Waals surface area contributed by atoms with Crippen LogP contribution in [0.25, 0.3) is 0 Å². The molecule has 0 saturated carbocycles. The van der Waals surface area contributed by atoms with Gasteiger partial charge in [0.2, 0.25) is 5.95 Å². The van der Waals surface area contributed by atoms with Crippen molar-refractivity contribution in [2.45, 2.75) is 52.2 Å². The van der Waals surface area contributed by atoms with E-state index in [0.717, 1.165) is 42.4 Å². The molecule has 8 nitrogen and oxygen atoms in total.